The number of aliphatic carboxylic acids is 2. The minimum absolute atomic E-state index is 0.0509. The Bertz CT molecular complexity index is 261. The van der Waals surface area contributed by atoms with Crippen molar-refractivity contribution in [3.05, 3.63) is 0 Å². The van der Waals surface area contributed by atoms with Crippen LogP contribution < -0.4 is 11.5 Å². The summed E-state index contributed by atoms with van der Waals surface area (Å²) in [6.07, 6.45) is 0.188. The third-order valence-electron chi connectivity index (χ3n) is 1.40. The van der Waals surface area contributed by atoms with Crippen LogP contribution in [-0.2, 0) is 19.2 Å². The number of carbonyl (C=O) groups excluding carboxylic acids is 2. The lowest BCUT2D eigenvalue weighted by atomic mass is 10.2. The van der Waals surface area contributed by atoms with Crippen molar-refractivity contribution in [3.8, 4) is 0 Å². The van der Waals surface area contributed by atoms with Crippen LogP contribution in [0.5, 0.6) is 0 Å². The van der Waals surface area contributed by atoms with E-state index < -0.39 is 23.8 Å². The van der Waals surface area contributed by atoms with Gasteiger partial charge >= 0.3 is 11.9 Å². The Balaban J connectivity index is 0. The van der Waals surface area contributed by atoms with E-state index in [0.29, 0.717) is 0 Å². The molecule has 0 aliphatic heterocycles. The molecule has 0 aromatic rings. The third kappa shape index (κ3) is 24.8. The Kier molecular flexibility index (Phi) is 10.6. The van der Waals surface area contributed by atoms with Crippen LogP contribution in [0.2, 0.25) is 0 Å². The highest BCUT2D eigenvalue weighted by molar-refractivity contribution is 5.81. The number of hydrogen-bond donors (Lipinski definition) is 4. The van der Waals surface area contributed by atoms with Crippen molar-refractivity contribution < 1.29 is 29.4 Å². The zero-order valence-corrected chi connectivity index (χ0v) is 9.22. The van der Waals surface area contributed by atoms with E-state index in [1.54, 1.807) is 0 Å². The summed E-state index contributed by atoms with van der Waals surface area (Å²) in [4.78, 5) is 39.4. The van der Waals surface area contributed by atoms with Gasteiger partial charge in [-0.25, -0.2) is 0 Å². The second kappa shape index (κ2) is 10.4. The number of primary amides is 2. The SMILES string of the molecule is NC(=O)CCC(N)=O.O=C(O)CCCC(=O)O. The Labute approximate surface area is 97.6 Å². The molecule has 0 aliphatic carbocycles. The quantitative estimate of drug-likeness (QED) is 0.454. The maximum Gasteiger partial charge on any atom is 0.303 e. The third-order valence-corrected chi connectivity index (χ3v) is 1.40. The van der Waals surface area contributed by atoms with Gasteiger partial charge < -0.3 is 21.7 Å². The molecule has 0 heterocycles. The Hall–Kier alpha value is -2.12. The van der Waals surface area contributed by atoms with E-state index in [4.69, 9.17) is 21.7 Å². The molecule has 0 aromatic heterocycles. The predicted molar refractivity (Wildman–Crippen MR) is 56.7 cm³/mol. The van der Waals surface area contributed by atoms with Crippen LogP contribution in [0.25, 0.3) is 0 Å². The number of carboxylic acids is 2. The minimum atomic E-state index is -0.948. The largest absolute Gasteiger partial charge is 0.481 e. The molecule has 0 saturated carbocycles. The van der Waals surface area contributed by atoms with E-state index in [-0.39, 0.29) is 32.1 Å². The average molecular weight is 248 g/mol. The molecule has 0 atom stereocenters. The van der Waals surface area contributed by atoms with E-state index in [1.165, 1.54) is 0 Å². The topological polar surface area (TPSA) is 161 Å². The number of nitrogens with two attached hydrogens (primary N) is 2. The molecule has 8 heteroatoms. The van der Waals surface area contributed by atoms with Gasteiger partial charge in [0.15, 0.2) is 0 Å². The molecular formula is C9H16N2O6. The Morgan fingerprint density at radius 2 is 1.00 bits per heavy atom. The van der Waals surface area contributed by atoms with Gasteiger partial charge in [0.2, 0.25) is 11.8 Å². The summed E-state index contributed by atoms with van der Waals surface area (Å²) in [6, 6.07) is 0. The lowest BCUT2D eigenvalue weighted by Gasteiger charge is -1.89. The summed E-state index contributed by atoms with van der Waals surface area (Å²) in [5.74, 6) is -2.89. The van der Waals surface area contributed by atoms with Gasteiger partial charge in [0, 0.05) is 25.7 Å². The first-order valence-electron chi connectivity index (χ1n) is 4.76. The van der Waals surface area contributed by atoms with Gasteiger partial charge in [0.05, 0.1) is 0 Å². The molecule has 0 spiro atoms. The molecule has 98 valence electrons. The molecule has 8 nitrogen and oxygen atoms in total. The van der Waals surface area contributed by atoms with Gasteiger partial charge in [-0.2, -0.15) is 0 Å². The van der Waals surface area contributed by atoms with Crippen molar-refractivity contribution in [3.63, 3.8) is 0 Å². The summed E-state index contributed by atoms with van der Waals surface area (Å²) in [5.41, 5.74) is 9.39. The van der Waals surface area contributed by atoms with Gasteiger partial charge in [0.25, 0.3) is 0 Å². The summed E-state index contributed by atoms with van der Waals surface area (Å²) in [6.45, 7) is 0. The van der Waals surface area contributed by atoms with E-state index >= 15 is 0 Å². The van der Waals surface area contributed by atoms with Gasteiger partial charge in [-0.05, 0) is 6.42 Å². The van der Waals surface area contributed by atoms with Crippen LogP contribution in [0.3, 0.4) is 0 Å². The van der Waals surface area contributed by atoms with Crippen LogP contribution in [0, 0.1) is 0 Å². The molecule has 0 fully saturated rings. The van der Waals surface area contributed by atoms with E-state index in [9.17, 15) is 19.2 Å². The Morgan fingerprint density at radius 1 is 0.706 bits per heavy atom. The van der Waals surface area contributed by atoms with E-state index in [1.807, 2.05) is 0 Å². The molecule has 0 bridgehead atoms. The van der Waals surface area contributed by atoms with Crippen LogP contribution >= 0.6 is 0 Å². The molecule has 0 saturated heterocycles. The number of carbonyl (C=O) groups is 4. The van der Waals surface area contributed by atoms with Crippen LogP contribution in [0.1, 0.15) is 32.1 Å². The van der Waals surface area contributed by atoms with Crippen LogP contribution in [0.4, 0.5) is 0 Å². The van der Waals surface area contributed by atoms with Crippen LogP contribution in [-0.4, -0.2) is 34.0 Å². The molecule has 6 N–H and O–H groups in total. The van der Waals surface area contributed by atoms with Crippen molar-refractivity contribution >= 4 is 23.8 Å². The van der Waals surface area contributed by atoms with E-state index in [0.717, 1.165) is 0 Å². The maximum absolute atomic E-state index is 9.92. The molecule has 17 heavy (non-hydrogen) atoms. The smallest absolute Gasteiger partial charge is 0.303 e. The zero-order chi connectivity index (χ0) is 13.8. The van der Waals surface area contributed by atoms with Gasteiger partial charge in [-0.3, -0.25) is 19.2 Å². The lowest BCUT2D eigenvalue weighted by molar-refractivity contribution is -0.138. The number of rotatable bonds is 7. The van der Waals surface area contributed by atoms with Crippen LogP contribution in [0.15, 0.2) is 0 Å². The van der Waals surface area contributed by atoms with Crippen molar-refractivity contribution in [2.45, 2.75) is 32.1 Å². The highest BCUT2D eigenvalue weighted by Crippen LogP contribution is 1.93. The second-order valence-corrected chi connectivity index (χ2v) is 3.07. The summed E-state index contributed by atoms with van der Waals surface area (Å²) < 4.78 is 0. The molecule has 0 rings (SSSR count). The first-order valence-corrected chi connectivity index (χ1v) is 4.76. The average Bonchev–Trinajstić information content (AvgIpc) is 2.14. The monoisotopic (exact) mass is 248 g/mol. The van der Waals surface area contributed by atoms with Crippen molar-refractivity contribution in [2.75, 3.05) is 0 Å². The van der Waals surface area contributed by atoms with Gasteiger partial charge in [-0.15, -0.1) is 0 Å². The first-order chi connectivity index (χ1) is 7.75. The van der Waals surface area contributed by atoms with Crippen molar-refractivity contribution in [1.29, 1.82) is 0 Å². The summed E-state index contributed by atoms with van der Waals surface area (Å²) >= 11 is 0. The van der Waals surface area contributed by atoms with Crippen molar-refractivity contribution in [2.24, 2.45) is 11.5 Å². The molecule has 0 aliphatic rings. The predicted octanol–water partition coefficient (Wildman–Crippen LogP) is -0.937. The maximum atomic E-state index is 9.92. The normalized spacial score (nSPS) is 8.71. The fourth-order valence-corrected chi connectivity index (χ4v) is 0.637. The second-order valence-electron chi connectivity index (χ2n) is 3.07. The molecule has 2 amide bonds. The van der Waals surface area contributed by atoms with Crippen molar-refractivity contribution in [1.82, 2.24) is 0 Å². The standard InChI is InChI=1S/C5H8O4.C4H8N2O2/c6-4(7)2-1-3-5(8)9;5-3(7)1-2-4(6)8/h1-3H2,(H,6,7)(H,8,9);1-2H2,(H2,5,7)(H2,6,8). The zero-order valence-electron chi connectivity index (χ0n) is 9.22. The van der Waals surface area contributed by atoms with Gasteiger partial charge in [0.1, 0.15) is 0 Å². The first kappa shape index (κ1) is 17.3. The fourth-order valence-electron chi connectivity index (χ4n) is 0.637. The molecular weight excluding hydrogens is 232 g/mol. The highest BCUT2D eigenvalue weighted by atomic mass is 16.4. The summed E-state index contributed by atoms with van der Waals surface area (Å²) in [5, 5.41) is 16.1. The molecule has 0 aromatic carbocycles. The molecule has 0 radical (unpaired) electrons. The number of carboxylic acid groups (broad SMARTS) is 2. The molecule has 0 unspecified atom stereocenters. The number of hydrogen-bond acceptors (Lipinski definition) is 4. The highest BCUT2D eigenvalue weighted by Gasteiger charge is 1.99. The lowest BCUT2D eigenvalue weighted by Crippen LogP contribution is -2.16. The number of amides is 2. The minimum Gasteiger partial charge on any atom is -0.481 e. The van der Waals surface area contributed by atoms with Gasteiger partial charge in [-0.1, -0.05) is 0 Å². The summed E-state index contributed by atoms with van der Waals surface area (Å²) in [7, 11) is 0. The Morgan fingerprint density at radius 3 is 1.18 bits per heavy atom. The van der Waals surface area contributed by atoms with E-state index in [2.05, 4.69) is 0 Å². The fraction of sp³-hybridized carbons (Fsp3) is 0.556.